The number of methoxy groups -OCH3 is 1. The SMILES string of the molecule is COC(=O)c1ccccc1NC1c2ccccc2C(=O)N1c1ccc(Cl)cc1. The average molecular weight is 393 g/mol. The number of para-hydroxylation sites is 1. The van der Waals surface area contributed by atoms with Crippen LogP contribution in [0, 0.1) is 0 Å². The Balaban J connectivity index is 1.79. The van der Waals surface area contributed by atoms with Gasteiger partial charge in [0.05, 0.1) is 18.4 Å². The van der Waals surface area contributed by atoms with Gasteiger partial charge in [-0.3, -0.25) is 9.69 Å². The van der Waals surface area contributed by atoms with Gasteiger partial charge in [0, 0.05) is 21.8 Å². The number of amides is 1. The first-order chi connectivity index (χ1) is 13.6. The van der Waals surface area contributed by atoms with Crippen molar-refractivity contribution in [3.05, 3.63) is 94.5 Å². The molecule has 1 N–H and O–H groups in total. The fourth-order valence-electron chi connectivity index (χ4n) is 3.37. The number of rotatable bonds is 4. The number of carbonyl (C=O) groups excluding carboxylic acids is 2. The van der Waals surface area contributed by atoms with Crippen LogP contribution in [0.3, 0.4) is 0 Å². The molecule has 0 fully saturated rings. The first-order valence-corrected chi connectivity index (χ1v) is 9.10. The van der Waals surface area contributed by atoms with Crippen molar-refractivity contribution in [2.24, 2.45) is 0 Å². The minimum Gasteiger partial charge on any atom is -0.465 e. The van der Waals surface area contributed by atoms with E-state index in [0.29, 0.717) is 27.5 Å². The number of anilines is 2. The molecule has 0 aromatic heterocycles. The second-order valence-corrected chi connectivity index (χ2v) is 6.76. The van der Waals surface area contributed by atoms with Crippen LogP contribution in [0.25, 0.3) is 0 Å². The number of benzene rings is 3. The van der Waals surface area contributed by atoms with Gasteiger partial charge in [-0.15, -0.1) is 0 Å². The van der Waals surface area contributed by atoms with Crippen molar-refractivity contribution in [1.29, 1.82) is 0 Å². The number of halogens is 1. The highest BCUT2D eigenvalue weighted by Gasteiger charge is 2.38. The Morgan fingerprint density at radius 2 is 1.68 bits per heavy atom. The molecule has 0 aliphatic carbocycles. The molecule has 0 bridgehead atoms. The predicted molar refractivity (Wildman–Crippen MR) is 109 cm³/mol. The highest BCUT2D eigenvalue weighted by Crippen LogP contribution is 2.38. The van der Waals surface area contributed by atoms with Gasteiger partial charge in [-0.2, -0.15) is 0 Å². The van der Waals surface area contributed by atoms with Crippen LogP contribution in [0.15, 0.2) is 72.8 Å². The molecule has 5 nitrogen and oxygen atoms in total. The molecule has 1 atom stereocenters. The number of ether oxygens (including phenoxy) is 1. The Labute approximate surface area is 167 Å². The largest absolute Gasteiger partial charge is 0.465 e. The van der Waals surface area contributed by atoms with E-state index in [1.54, 1.807) is 53.4 Å². The number of fused-ring (bicyclic) bond motifs is 1. The summed E-state index contributed by atoms with van der Waals surface area (Å²) in [6.07, 6.45) is -0.476. The van der Waals surface area contributed by atoms with Crippen molar-refractivity contribution in [2.45, 2.75) is 6.17 Å². The molecule has 1 heterocycles. The minimum atomic E-state index is -0.476. The van der Waals surface area contributed by atoms with Gasteiger partial charge in [-0.05, 0) is 42.5 Å². The third-order valence-corrected chi connectivity index (χ3v) is 4.94. The number of nitrogens with zero attached hydrogens (tertiary/aromatic N) is 1. The summed E-state index contributed by atoms with van der Waals surface area (Å²) in [4.78, 5) is 26.9. The normalized spacial score (nSPS) is 15.3. The van der Waals surface area contributed by atoms with E-state index in [2.05, 4.69) is 5.32 Å². The van der Waals surface area contributed by atoms with E-state index < -0.39 is 12.1 Å². The van der Waals surface area contributed by atoms with Gasteiger partial charge in [0.15, 0.2) is 0 Å². The van der Waals surface area contributed by atoms with Crippen molar-refractivity contribution in [3.63, 3.8) is 0 Å². The van der Waals surface area contributed by atoms with E-state index in [1.165, 1.54) is 7.11 Å². The van der Waals surface area contributed by atoms with Crippen molar-refractivity contribution in [1.82, 2.24) is 0 Å². The van der Waals surface area contributed by atoms with Crippen LogP contribution in [-0.2, 0) is 4.74 Å². The van der Waals surface area contributed by atoms with E-state index >= 15 is 0 Å². The van der Waals surface area contributed by atoms with Gasteiger partial charge in [0.1, 0.15) is 6.17 Å². The number of nitrogens with one attached hydrogen (secondary N) is 1. The molecule has 0 radical (unpaired) electrons. The van der Waals surface area contributed by atoms with E-state index in [4.69, 9.17) is 16.3 Å². The second-order valence-electron chi connectivity index (χ2n) is 6.32. The molecule has 3 aromatic carbocycles. The monoisotopic (exact) mass is 392 g/mol. The molecule has 1 aliphatic heterocycles. The maximum Gasteiger partial charge on any atom is 0.339 e. The first kappa shape index (κ1) is 18.1. The van der Waals surface area contributed by atoms with Crippen molar-refractivity contribution >= 4 is 34.9 Å². The summed E-state index contributed by atoms with van der Waals surface area (Å²) in [5, 5.41) is 3.94. The Morgan fingerprint density at radius 1 is 1.00 bits per heavy atom. The van der Waals surface area contributed by atoms with Gasteiger partial charge in [0.2, 0.25) is 0 Å². The van der Waals surface area contributed by atoms with Crippen LogP contribution < -0.4 is 10.2 Å². The average Bonchev–Trinajstić information content (AvgIpc) is 3.00. The molecule has 1 unspecified atom stereocenters. The van der Waals surface area contributed by atoms with Crippen LogP contribution >= 0.6 is 11.6 Å². The number of carbonyl (C=O) groups is 2. The molecule has 3 aromatic rings. The molecule has 0 spiro atoms. The summed E-state index contributed by atoms with van der Waals surface area (Å²) in [7, 11) is 1.34. The lowest BCUT2D eigenvalue weighted by atomic mass is 10.1. The van der Waals surface area contributed by atoms with Crippen LogP contribution in [0.4, 0.5) is 11.4 Å². The number of esters is 1. The lowest BCUT2D eigenvalue weighted by Gasteiger charge is -2.28. The smallest absolute Gasteiger partial charge is 0.339 e. The lowest BCUT2D eigenvalue weighted by Crippen LogP contribution is -2.32. The highest BCUT2D eigenvalue weighted by molar-refractivity contribution is 6.30. The molecule has 6 heteroatoms. The molecule has 0 saturated carbocycles. The molecule has 1 amide bonds. The van der Waals surface area contributed by atoms with E-state index in [-0.39, 0.29) is 5.91 Å². The zero-order valence-electron chi connectivity index (χ0n) is 15.1. The maximum absolute atomic E-state index is 13.1. The molecule has 0 saturated heterocycles. The van der Waals surface area contributed by atoms with Gasteiger partial charge in [-0.1, -0.05) is 41.9 Å². The quantitative estimate of drug-likeness (QED) is 0.642. The predicted octanol–water partition coefficient (Wildman–Crippen LogP) is 4.90. The van der Waals surface area contributed by atoms with Crippen LogP contribution in [0.1, 0.15) is 32.4 Å². The molecular formula is C22H17ClN2O3. The third kappa shape index (κ3) is 3.10. The molecule has 28 heavy (non-hydrogen) atoms. The van der Waals surface area contributed by atoms with Crippen molar-refractivity contribution in [3.8, 4) is 0 Å². The summed E-state index contributed by atoms with van der Waals surface area (Å²) in [6, 6.07) is 21.6. The van der Waals surface area contributed by atoms with Crippen molar-refractivity contribution < 1.29 is 14.3 Å². The van der Waals surface area contributed by atoms with E-state index in [0.717, 1.165) is 5.56 Å². The zero-order chi connectivity index (χ0) is 19.7. The van der Waals surface area contributed by atoms with Crippen LogP contribution in [0.5, 0.6) is 0 Å². The van der Waals surface area contributed by atoms with Gasteiger partial charge < -0.3 is 10.1 Å². The summed E-state index contributed by atoms with van der Waals surface area (Å²) in [5.41, 5.74) is 3.15. The third-order valence-electron chi connectivity index (χ3n) is 4.69. The maximum atomic E-state index is 13.1. The first-order valence-electron chi connectivity index (χ1n) is 8.72. The standard InChI is InChI=1S/C22H17ClN2O3/c1-28-22(27)18-8-4-5-9-19(18)24-20-16-6-2-3-7-17(16)21(26)25(20)15-12-10-14(23)11-13-15/h2-13,20,24H,1H3. The summed E-state index contributed by atoms with van der Waals surface area (Å²) < 4.78 is 4.88. The van der Waals surface area contributed by atoms with E-state index in [1.807, 2.05) is 24.3 Å². The highest BCUT2D eigenvalue weighted by atomic mass is 35.5. The Bertz CT molecular complexity index is 1050. The fraction of sp³-hybridized carbons (Fsp3) is 0.0909. The summed E-state index contributed by atoms with van der Waals surface area (Å²) in [5.74, 6) is -0.565. The van der Waals surface area contributed by atoms with Gasteiger partial charge in [-0.25, -0.2) is 4.79 Å². The number of hydrogen-bond acceptors (Lipinski definition) is 4. The minimum absolute atomic E-state index is 0.119. The zero-order valence-corrected chi connectivity index (χ0v) is 15.8. The fourth-order valence-corrected chi connectivity index (χ4v) is 3.50. The molecule has 4 rings (SSSR count). The Morgan fingerprint density at radius 3 is 2.43 bits per heavy atom. The molecular weight excluding hydrogens is 376 g/mol. The van der Waals surface area contributed by atoms with Gasteiger partial charge in [0.25, 0.3) is 5.91 Å². The summed E-state index contributed by atoms with van der Waals surface area (Å²) >= 11 is 6.01. The number of hydrogen-bond donors (Lipinski definition) is 1. The summed E-state index contributed by atoms with van der Waals surface area (Å²) in [6.45, 7) is 0. The lowest BCUT2D eigenvalue weighted by molar-refractivity contribution is 0.0601. The second kappa shape index (κ2) is 7.37. The van der Waals surface area contributed by atoms with Crippen molar-refractivity contribution in [2.75, 3.05) is 17.3 Å². The molecule has 140 valence electrons. The van der Waals surface area contributed by atoms with Crippen LogP contribution in [0.2, 0.25) is 5.02 Å². The Kier molecular flexibility index (Phi) is 4.75. The van der Waals surface area contributed by atoms with E-state index in [9.17, 15) is 9.59 Å². The van der Waals surface area contributed by atoms with Crippen LogP contribution in [-0.4, -0.2) is 19.0 Å². The van der Waals surface area contributed by atoms with Gasteiger partial charge >= 0.3 is 5.97 Å². The Hall–Kier alpha value is -3.31. The topological polar surface area (TPSA) is 58.6 Å². The molecule has 1 aliphatic rings.